The standard InChI is InChI=1S/C11H12ClNO3S/c12-9-5-7(11(14)15)6-13-10(9)17-8-1-3-16-4-2-8/h5-6,8H,1-4H2,(H,14,15). The summed E-state index contributed by atoms with van der Waals surface area (Å²) in [4.78, 5) is 14.8. The molecule has 4 nitrogen and oxygen atoms in total. The fourth-order valence-corrected chi connectivity index (χ4v) is 2.91. The summed E-state index contributed by atoms with van der Waals surface area (Å²) >= 11 is 7.61. The van der Waals surface area contributed by atoms with E-state index in [-0.39, 0.29) is 5.56 Å². The van der Waals surface area contributed by atoms with E-state index in [1.165, 1.54) is 12.3 Å². The number of rotatable bonds is 3. The van der Waals surface area contributed by atoms with Crippen LogP contribution in [0.1, 0.15) is 23.2 Å². The maximum absolute atomic E-state index is 10.7. The van der Waals surface area contributed by atoms with Gasteiger partial charge < -0.3 is 9.84 Å². The number of aromatic carboxylic acids is 1. The zero-order valence-corrected chi connectivity index (χ0v) is 10.6. The number of pyridine rings is 1. The molecule has 1 saturated heterocycles. The van der Waals surface area contributed by atoms with Crippen molar-refractivity contribution in [2.24, 2.45) is 0 Å². The van der Waals surface area contributed by atoms with Gasteiger partial charge in [0, 0.05) is 24.7 Å². The fraction of sp³-hybridized carbons (Fsp3) is 0.455. The highest BCUT2D eigenvalue weighted by Crippen LogP contribution is 2.33. The van der Waals surface area contributed by atoms with Gasteiger partial charge in [-0.3, -0.25) is 0 Å². The van der Waals surface area contributed by atoms with Crippen LogP contribution >= 0.6 is 23.4 Å². The molecule has 1 aromatic heterocycles. The Labute approximate surface area is 108 Å². The molecule has 17 heavy (non-hydrogen) atoms. The van der Waals surface area contributed by atoms with E-state index in [0.29, 0.717) is 15.3 Å². The highest BCUT2D eigenvalue weighted by atomic mass is 35.5. The molecule has 0 amide bonds. The van der Waals surface area contributed by atoms with E-state index >= 15 is 0 Å². The predicted octanol–water partition coefficient (Wildman–Crippen LogP) is 2.70. The highest BCUT2D eigenvalue weighted by Gasteiger charge is 2.18. The summed E-state index contributed by atoms with van der Waals surface area (Å²) in [7, 11) is 0. The van der Waals surface area contributed by atoms with Crippen molar-refractivity contribution in [2.75, 3.05) is 13.2 Å². The first-order valence-electron chi connectivity index (χ1n) is 5.30. The molecule has 0 spiro atoms. The van der Waals surface area contributed by atoms with Crippen LogP contribution in [0.25, 0.3) is 0 Å². The average molecular weight is 274 g/mol. The van der Waals surface area contributed by atoms with E-state index in [4.69, 9.17) is 21.4 Å². The number of carboxylic acid groups (broad SMARTS) is 1. The molecular weight excluding hydrogens is 262 g/mol. The van der Waals surface area contributed by atoms with Crippen LogP contribution in [0.5, 0.6) is 0 Å². The third-order valence-electron chi connectivity index (χ3n) is 2.50. The molecule has 0 bridgehead atoms. The maximum Gasteiger partial charge on any atom is 0.337 e. The fourth-order valence-electron chi connectivity index (χ4n) is 1.58. The number of carboxylic acids is 1. The van der Waals surface area contributed by atoms with Gasteiger partial charge in [-0.1, -0.05) is 11.6 Å². The molecule has 0 aliphatic carbocycles. The molecular formula is C11H12ClNO3S. The second-order valence-electron chi connectivity index (χ2n) is 3.75. The Hall–Kier alpha value is -0.780. The van der Waals surface area contributed by atoms with Crippen molar-refractivity contribution >= 4 is 29.3 Å². The van der Waals surface area contributed by atoms with Gasteiger partial charge in [-0.2, -0.15) is 0 Å². The van der Waals surface area contributed by atoms with Crippen LogP contribution in [-0.4, -0.2) is 34.5 Å². The smallest absolute Gasteiger partial charge is 0.337 e. The van der Waals surface area contributed by atoms with Crippen molar-refractivity contribution in [3.8, 4) is 0 Å². The van der Waals surface area contributed by atoms with Crippen LogP contribution in [0.4, 0.5) is 0 Å². The summed E-state index contributed by atoms with van der Waals surface area (Å²) in [5.74, 6) is -1.01. The summed E-state index contributed by atoms with van der Waals surface area (Å²) in [6, 6.07) is 1.44. The van der Waals surface area contributed by atoms with Crippen molar-refractivity contribution in [2.45, 2.75) is 23.1 Å². The lowest BCUT2D eigenvalue weighted by molar-refractivity contribution is 0.0696. The van der Waals surface area contributed by atoms with Crippen molar-refractivity contribution in [1.29, 1.82) is 0 Å². The number of ether oxygens (including phenoxy) is 1. The van der Waals surface area contributed by atoms with E-state index in [9.17, 15) is 4.79 Å². The van der Waals surface area contributed by atoms with E-state index in [0.717, 1.165) is 26.1 Å². The molecule has 0 radical (unpaired) electrons. The Morgan fingerprint density at radius 3 is 2.82 bits per heavy atom. The normalized spacial score (nSPS) is 17.0. The van der Waals surface area contributed by atoms with E-state index in [1.807, 2.05) is 0 Å². The lowest BCUT2D eigenvalue weighted by Crippen LogP contribution is -2.17. The molecule has 1 aromatic rings. The summed E-state index contributed by atoms with van der Waals surface area (Å²) in [5, 5.41) is 10.3. The van der Waals surface area contributed by atoms with Crippen molar-refractivity contribution in [3.05, 3.63) is 22.8 Å². The van der Waals surface area contributed by atoms with Gasteiger partial charge in [0.05, 0.1) is 10.6 Å². The molecule has 1 fully saturated rings. The largest absolute Gasteiger partial charge is 0.478 e. The second kappa shape index (κ2) is 5.71. The second-order valence-corrected chi connectivity index (χ2v) is 5.44. The lowest BCUT2D eigenvalue weighted by Gasteiger charge is -2.21. The minimum absolute atomic E-state index is 0.117. The van der Waals surface area contributed by atoms with E-state index in [1.54, 1.807) is 11.8 Å². The number of hydrogen-bond acceptors (Lipinski definition) is 4. The Bertz CT molecular complexity index is 421. The maximum atomic E-state index is 10.7. The summed E-state index contributed by atoms with van der Waals surface area (Å²) in [6.07, 6.45) is 3.29. The lowest BCUT2D eigenvalue weighted by atomic mass is 10.2. The van der Waals surface area contributed by atoms with Crippen molar-refractivity contribution in [3.63, 3.8) is 0 Å². The van der Waals surface area contributed by atoms with E-state index in [2.05, 4.69) is 4.98 Å². The predicted molar refractivity (Wildman–Crippen MR) is 65.9 cm³/mol. The number of thioether (sulfide) groups is 1. The molecule has 2 rings (SSSR count). The molecule has 0 unspecified atom stereocenters. The first-order chi connectivity index (χ1) is 8.16. The number of hydrogen-bond donors (Lipinski definition) is 1. The van der Waals surface area contributed by atoms with Gasteiger partial charge in [-0.05, 0) is 18.9 Å². The number of halogens is 1. The van der Waals surface area contributed by atoms with Crippen LogP contribution in [0.3, 0.4) is 0 Å². The summed E-state index contributed by atoms with van der Waals surface area (Å²) in [6.45, 7) is 1.53. The molecule has 1 aliphatic rings. The number of aromatic nitrogens is 1. The van der Waals surface area contributed by atoms with Gasteiger partial charge in [-0.15, -0.1) is 11.8 Å². The third kappa shape index (κ3) is 3.34. The van der Waals surface area contributed by atoms with Gasteiger partial charge in [-0.25, -0.2) is 9.78 Å². The van der Waals surface area contributed by atoms with Gasteiger partial charge in [0.2, 0.25) is 0 Å². The molecule has 1 aliphatic heterocycles. The monoisotopic (exact) mass is 273 g/mol. The minimum atomic E-state index is -1.01. The van der Waals surface area contributed by atoms with Crippen LogP contribution < -0.4 is 0 Å². The SMILES string of the molecule is O=C(O)c1cnc(SC2CCOCC2)c(Cl)c1. The van der Waals surface area contributed by atoms with Crippen LogP contribution in [-0.2, 0) is 4.74 Å². The van der Waals surface area contributed by atoms with Crippen molar-refractivity contribution < 1.29 is 14.6 Å². The quantitative estimate of drug-likeness (QED) is 0.918. The Morgan fingerprint density at radius 1 is 1.53 bits per heavy atom. The first-order valence-corrected chi connectivity index (χ1v) is 6.56. The summed E-state index contributed by atoms with van der Waals surface area (Å²) in [5.41, 5.74) is 0.117. The molecule has 92 valence electrons. The van der Waals surface area contributed by atoms with Gasteiger partial charge in [0.1, 0.15) is 5.03 Å². The van der Waals surface area contributed by atoms with Crippen LogP contribution in [0.2, 0.25) is 5.02 Å². The Morgan fingerprint density at radius 2 is 2.24 bits per heavy atom. The molecule has 6 heteroatoms. The van der Waals surface area contributed by atoms with Gasteiger partial charge >= 0.3 is 5.97 Å². The van der Waals surface area contributed by atoms with Gasteiger partial charge in [0.15, 0.2) is 0 Å². The zero-order chi connectivity index (χ0) is 12.3. The number of carbonyl (C=O) groups is 1. The Balaban J connectivity index is 2.08. The average Bonchev–Trinajstić information content (AvgIpc) is 2.33. The van der Waals surface area contributed by atoms with Crippen LogP contribution in [0, 0.1) is 0 Å². The molecule has 0 saturated carbocycles. The molecule has 0 aromatic carbocycles. The minimum Gasteiger partial charge on any atom is -0.478 e. The first kappa shape index (κ1) is 12.7. The highest BCUT2D eigenvalue weighted by molar-refractivity contribution is 8.00. The molecule has 2 heterocycles. The Kier molecular flexibility index (Phi) is 4.25. The molecule has 1 N–H and O–H groups in total. The van der Waals surface area contributed by atoms with Gasteiger partial charge in [0.25, 0.3) is 0 Å². The zero-order valence-electron chi connectivity index (χ0n) is 9.06. The number of nitrogens with zero attached hydrogens (tertiary/aromatic N) is 1. The topological polar surface area (TPSA) is 59.4 Å². The van der Waals surface area contributed by atoms with Crippen molar-refractivity contribution in [1.82, 2.24) is 4.98 Å². The van der Waals surface area contributed by atoms with E-state index < -0.39 is 5.97 Å². The third-order valence-corrected chi connectivity index (χ3v) is 4.25. The van der Waals surface area contributed by atoms with Crippen LogP contribution in [0.15, 0.2) is 17.3 Å². The molecule has 0 atom stereocenters. The summed E-state index contributed by atoms with van der Waals surface area (Å²) < 4.78 is 5.27.